The van der Waals surface area contributed by atoms with Gasteiger partial charge in [-0.3, -0.25) is 4.79 Å². The molecule has 0 aromatic rings. The van der Waals surface area contributed by atoms with E-state index in [-0.39, 0.29) is 5.91 Å². The van der Waals surface area contributed by atoms with Gasteiger partial charge in [-0.25, -0.2) is 0 Å². The summed E-state index contributed by atoms with van der Waals surface area (Å²) < 4.78 is 0. The van der Waals surface area contributed by atoms with Crippen LogP contribution < -0.4 is 5.32 Å². The lowest BCUT2D eigenvalue weighted by atomic mass is 9.99. The smallest absolute Gasteiger partial charge is 0.234 e. The average Bonchev–Trinajstić information content (AvgIpc) is 2.80. The number of unbranched alkanes of at least 4 members (excludes halogenated alkanes) is 14. The van der Waals surface area contributed by atoms with E-state index < -0.39 is 0 Å². The zero-order valence-corrected chi connectivity index (χ0v) is 23.6. The topological polar surface area (TPSA) is 32.3 Å². The molecule has 0 aliphatic rings. The lowest BCUT2D eigenvalue weighted by molar-refractivity contribution is -0.122. The van der Waals surface area contributed by atoms with Gasteiger partial charge in [-0.15, -0.1) is 0 Å². The van der Waals surface area contributed by atoms with Crippen molar-refractivity contribution in [2.45, 2.75) is 148 Å². The Balaban J connectivity index is 3.84. The molecule has 3 nitrogen and oxygen atoms in total. The molecule has 0 saturated heterocycles. The Kier molecular flexibility index (Phi) is 25.7. The highest BCUT2D eigenvalue weighted by atomic mass is 16.2. The van der Waals surface area contributed by atoms with E-state index in [0.29, 0.717) is 12.6 Å². The van der Waals surface area contributed by atoms with Crippen LogP contribution in [0.15, 0.2) is 24.3 Å². The number of likely N-dealkylation sites (N-methyl/N-ethyl adjacent to an activating group) is 1. The Hall–Kier alpha value is -1.09. The van der Waals surface area contributed by atoms with E-state index in [2.05, 4.69) is 43.5 Å². The minimum atomic E-state index is 0.184. The third-order valence-electron chi connectivity index (χ3n) is 6.47. The molecule has 0 aromatic carbocycles. The van der Waals surface area contributed by atoms with Gasteiger partial charge in [0, 0.05) is 6.04 Å². The number of allylic oxidation sites excluding steroid dienone is 4. The second kappa shape index (κ2) is 26.5. The number of carbonyl (C=O) groups is 1. The van der Waals surface area contributed by atoms with Crippen molar-refractivity contribution in [2.75, 3.05) is 20.6 Å². The summed E-state index contributed by atoms with van der Waals surface area (Å²) in [5.41, 5.74) is 0. The molecule has 0 fully saturated rings. The molecule has 0 radical (unpaired) electrons. The molecule has 1 N–H and O–H groups in total. The Morgan fingerprint density at radius 1 is 0.647 bits per heavy atom. The summed E-state index contributed by atoms with van der Waals surface area (Å²) >= 11 is 0. The fourth-order valence-corrected chi connectivity index (χ4v) is 4.41. The quantitative estimate of drug-likeness (QED) is 0.105. The summed E-state index contributed by atoms with van der Waals surface area (Å²) in [6, 6.07) is 0.367. The van der Waals surface area contributed by atoms with Crippen LogP contribution in [-0.4, -0.2) is 37.5 Å². The number of amides is 1. The molecule has 0 spiro atoms. The van der Waals surface area contributed by atoms with Gasteiger partial charge in [0.2, 0.25) is 5.91 Å². The van der Waals surface area contributed by atoms with Crippen molar-refractivity contribution in [3.63, 3.8) is 0 Å². The van der Waals surface area contributed by atoms with Crippen molar-refractivity contribution in [3.05, 3.63) is 24.3 Å². The van der Waals surface area contributed by atoms with Gasteiger partial charge in [0.15, 0.2) is 0 Å². The molecule has 0 aromatic heterocycles. The SMILES string of the molecule is CCC/C=C\C/C=C\CCCCCCCCC[C@H](CCCCCCCCC)NC(=O)CN(C)C. The van der Waals surface area contributed by atoms with Crippen LogP contribution in [0.25, 0.3) is 0 Å². The minimum Gasteiger partial charge on any atom is -0.352 e. The van der Waals surface area contributed by atoms with Crippen LogP contribution in [0.2, 0.25) is 0 Å². The normalized spacial score (nSPS) is 12.9. The first-order valence-corrected chi connectivity index (χ1v) is 14.8. The Morgan fingerprint density at radius 2 is 1.15 bits per heavy atom. The number of hydrogen-bond acceptors (Lipinski definition) is 2. The molecule has 0 heterocycles. The molecule has 200 valence electrons. The van der Waals surface area contributed by atoms with Crippen molar-refractivity contribution < 1.29 is 4.79 Å². The van der Waals surface area contributed by atoms with Gasteiger partial charge in [-0.1, -0.05) is 128 Å². The molecule has 0 saturated carbocycles. The van der Waals surface area contributed by atoms with Crippen molar-refractivity contribution in [3.8, 4) is 0 Å². The highest BCUT2D eigenvalue weighted by Gasteiger charge is 2.12. The van der Waals surface area contributed by atoms with Crippen LogP contribution >= 0.6 is 0 Å². The number of rotatable bonds is 25. The molecule has 0 unspecified atom stereocenters. The maximum absolute atomic E-state index is 12.3. The Morgan fingerprint density at radius 3 is 1.68 bits per heavy atom. The summed E-state index contributed by atoms with van der Waals surface area (Å²) in [6.45, 7) is 4.99. The molecule has 1 amide bonds. The van der Waals surface area contributed by atoms with Gasteiger partial charge in [0.1, 0.15) is 0 Å². The molecule has 0 aliphatic carbocycles. The van der Waals surface area contributed by atoms with E-state index in [0.717, 1.165) is 19.3 Å². The fraction of sp³-hybridized carbons (Fsp3) is 0.839. The van der Waals surface area contributed by atoms with Crippen molar-refractivity contribution in [1.29, 1.82) is 0 Å². The van der Waals surface area contributed by atoms with E-state index >= 15 is 0 Å². The second-order valence-electron chi connectivity index (χ2n) is 10.4. The molecule has 0 rings (SSSR count). The van der Waals surface area contributed by atoms with E-state index in [4.69, 9.17) is 0 Å². The lowest BCUT2D eigenvalue weighted by Gasteiger charge is -2.20. The van der Waals surface area contributed by atoms with Crippen LogP contribution in [0.5, 0.6) is 0 Å². The lowest BCUT2D eigenvalue weighted by Crippen LogP contribution is -2.40. The molecular weight excluding hydrogens is 416 g/mol. The molecular formula is C31H60N2O. The van der Waals surface area contributed by atoms with Gasteiger partial charge in [-0.05, 0) is 52.6 Å². The van der Waals surface area contributed by atoms with E-state index in [9.17, 15) is 4.79 Å². The van der Waals surface area contributed by atoms with Gasteiger partial charge < -0.3 is 10.2 Å². The molecule has 0 aliphatic heterocycles. The van der Waals surface area contributed by atoms with Gasteiger partial charge in [-0.2, -0.15) is 0 Å². The molecule has 34 heavy (non-hydrogen) atoms. The first-order chi connectivity index (χ1) is 16.6. The van der Waals surface area contributed by atoms with Gasteiger partial charge in [0.05, 0.1) is 6.54 Å². The summed E-state index contributed by atoms with van der Waals surface area (Å²) in [7, 11) is 3.93. The number of nitrogens with zero attached hydrogens (tertiary/aromatic N) is 1. The first-order valence-electron chi connectivity index (χ1n) is 14.8. The van der Waals surface area contributed by atoms with Crippen LogP contribution in [0.3, 0.4) is 0 Å². The number of nitrogens with one attached hydrogen (secondary N) is 1. The fourth-order valence-electron chi connectivity index (χ4n) is 4.41. The summed E-state index contributed by atoms with van der Waals surface area (Å²) in [5.74, 6) is 0.184. The van der Waals surface area contributed by atoms with Gasteiger partial charge in [0.25, 0.3) is 0 Å². The minimum absolute atomic E-state index is 0.184. The maximum atomic E-state index is 12.3. The van der Waals surface area contributed by atoms with Crippen molar-refractivity contribution in [1.82, 2.24) is 10.2 Å². The summed E-state index contributed by atoms with van der Waals surface area (Å²) in [4.78, 5) is 14.2. The van der Waals surface area contributed by atoms with E-state index in [1.165, 1.54) is 109 Å². The largest absolute Gasteiger partial charge is 0.352 e. The second-order valence-corrected chi connectivity index (χ2v) is 10.4. The Bertz CT molecular complexity index is 484. The third-order valence-corrected chi connectivity index (χ3v) is 6.47. The molecule has 0 bridgehead atoms. The zero-order valence-electron chi connectivity index (χ0n) is 23.6. The van der Waals surface area contributed by atoms with Crippen LogP contribution in [-0.2, 0) is 4.79 Å². The summed E-state index contributed by atoms with van der Waals surface area (Å²) in [6.07, 6.45) is 35.0. The standard InChI is InChI=1S/C31H60N2O/c1-5-7-9-11-13-14-15-16-17-18-19-20-22-24-26-28-30(32-31(34)29-33(3)4)27-25-23-21-12-10-8-6-2/h9,11,14-15,30H,5-8,10,12-13,16-29H2,1-4H3,(H,32,34)/b11-9-,15-14-/t30-/m0/s1. The first kappa shape index (κ1) is 32.9. The maximum Gasteiger partial charge on any atom is 0.234 e. The van der Waals surface area contributed by atoms with Crippen LogP contribution in [0.4, 0.5) is 0 Å². The highest BCUT2D eigenvalue weighted by Crippen LogP contribution is 2.15. The molecule has 3 heteroatoms. The monoisotopic (exact) mass is 476 g/mol. The number of carbonyl (C=O) groups excluding carboxylic acids is 1. The van der Waals surface area contributed by atoms with Crippen molar-refractivity contribution >= 4 is 5.91 Å². The zero-order chi connectivity index (χ0) is 25.1. The predicted molar refractivity (Wildman–Crippen MR) is 152 cm³/mol. The van der Waals surface area contributed by atoms with Crippen molar-refractivity contribution in [2.24, 2.45) is 0 Å². The van der Waals surface area contributed by atoms with Crippen LogP contribution in [0.1, 0.15) is 142 Å². The van der Waals surface area contributed by atoms with E-state index in [1.807, 2.05) is 19.0 Å². The predicted octanol–water partition coefficient (Wildman–Crippen LogP) is 8.99. The summed E-state index contributed by atoms with van der Waals surface area (Å²) in [5, 5.41) is 3.32. The van der Waals surface area contributed by atoms with Crippen LogP contribution in [0, 0.1) is 0 Å². The highest BCUT2D eigenvalue weighted by molar-refractivity contribution is 5.78. The van der Waals surface area contributed by atoms with Gasteiger partial charge >= 0.3 is 0 Å². The number of hydrogen-bond donors (Lipinski definition) is 1. The molecule has 1 atom stereocenters. The van der Waals surface area contributed by atoms with E-state index in [1.54, 1.807) is 0 Å². The average molecular weight is 477 g/mol. The third kappa shape index (κ3) is 25.5. The Labute approximate surface area is 214 Å².